The molecule has 2 aromatic carbocycles. The molecule has 1 N–H and O–H groups in total. The van der Waals surface area contributed by atoms with E-state index in [9.17, 15) is 0 Å². The molecule has 2 nitrogen and oxygen atoms in total. The molecule has 0 aliphatic rings. The van der Waals surface area contributed by atoms with Crippen LogP contribution in [0, 0.1) is 11.3 Å². The van der Waals surface area contributed by atoms with Crippen molar-refractivity contribution < 1.29 is 0 Å². The third-order valence-corrected chi connectivity index (χ3v) is 3.51. The largest absolute Gasteiger partial charge is 0.306 e. The van der Waals surface area contributed by atoms with Crippen molar-refractivity contribution >= 4 is 15.9 Å². The summed E-state index contributed by atoms with van der Waals surface area (Å²) in [5.74, 6) is 0. The summed E-state index contributed by atoms with van der Waals surface area (Å²) in [5, 5.41) is 12.4. The second-order valence-electron chi connectivity index (χ2n) is 4.47. The number of rotatable bonds is 4. The van der Waals surface area contributed by atoms with E-state index in [-0.39, 0.29) is 6.04 Å². The smallest absolute Gasteiger partial charge is 0.0991 e. The Bertz CT molecular complexity index is 602. The maximum absolute atomic E-state index is 8.91. The highest BCUT2D eigenvalue weighted by Crippen LogP contribution is 2.16. The first kappa shape index (κ1) is 13.8. The van der Waals surface area contributed by atoms with E-state index in [1.54, 1.807) is 0 Å². The lowest BCUT2D eigenvalue weighted by molar-refractivity contribution is 0.574. The average molecular weight is 315 g/mol. The highest BCUT2D eigenvalue weighted by molar-refractivity contribution is 9.10. The van der Waals surface area contributed by atoms with Gasteiger partial charge in [-0.25, -0.2) is 0 Å². The van der Waals surface area contributed by atoms with Crippen molar-refractivity contribution in [2.24, 2.45) is 0 Å². The Labute approximate surface area is 122 Å². The summed E-state index contributed by atoms with van der Waals surface area (Å²) in [6.07, 6.45) is 0. The molecule has 0 saturated heterocycles. The summed E-state index contributed by atoms with van der Waals surface area (Å²) in [5.41, 5.74) is 3.07. The van der Waals surface area contributed by atoms with Gasteiger partial charge in [0.1, 0.15) is 0 Å². The third-order valence-electron chi connectivity index (χ3n) is 3.02. The molecule has 1 atom stereocenters. The number of halogens is 1. The topological polar surface area (TPSA) is 35.8 Å². The predicted molar refractivity (Wildman–Crippen MR) is 80.6 cm³/mol. The third kappa shape index (κ3) is 3.92. The Balaban J connectivity index is 2.01. The first-order chi connectivity index (χ1) is 9.19. The molecule has 0 bridgehead atoms. The SMILES string of the molecule is CC(NCc1cccc(Br)c1)c1cccc(C#N)c1. The van der Waals surface area contributed by atoms with Crippen LogP contribution in [-0.4, -0.2) is 0 Å². The first-order valence-corrected chi connectivity index (χ1v) is 6.96. The molecule has 0 heterocycles. The van der Waals surface area contributed by atoms with Crippen molar-refractivity contribution in [3.63, 3.8) is 0 Å². The number of nitrogens with one attached hydrogen (secondary N) is 1. The molecule has 0 saturated carbocycles. The van der Waals surface area contributed by atoms with Gasteiger partial charge in [0.2, 0.25) is 0 Å². The van der Waals surface area contributed by atoms with Crippen LogP contribution in [0.5, 0.6) is 0 Å². The Kier molecular flexibility index (Phi) is 4.73. The van der Waals surface area contributed by atoms with Crippen molar-refractivity contribution in [1.29, 1.82) is 5.26 Å². The molecule has 19 heavy (non-hydrogen) atoms. The van der Waals surface area contributed by atoms with Crippen LogP contribution < -0.4 is 5.32 Å². The number of hydrogen-bond donors (Lipinski definition) is 1. The maximum Gasteiger partial charge on any atom is 0.0991 e. The molecule has 3 heteroatoms. The minimum atomic E-state index is 0.215. The van der Waals surface area contributed by atoms with Crippen LogP contribution in [-0.2, 0) is 6.54 Å². The van der Waals surface area contributed by atoms with Crippen molar-refractivity contribution in [2.75, 3.05) is 0 Å². The highest BCUT2D eigenvalue weighted by Gasteiger charge is 2.05. The van der Waals surface area contributed by atoms with Crippen LogP contribution in [0.25, 0.3) is 0 Å². The van der Waals surface area contributed by atoms with Crippen LogP contribution in [0.15, 0.2) is 53.0 Å². The van der Waals surface area contributed by atoms with Gasteiger partial charge in [-0.1, -0.05) is 40.2 Å². The fraction of sp³-hybridized carbons (Fsp3) is 0.188. The zero-order valence-corrected chi connectivity index (χ0v) is 12.3. The Morgan fingerprint density at radius 3 is 2.74 bits per heavy atom. The van der Waals surface area contributed by atoms with Gasteiger partial charge in [-0.15, -0.1) is 0 Å². The molecule has 0 spiro atoms. The molecule has 1 unspecified atom stereocenters. The zero-order chi connectivity index (χ0) is 13.7. The molecule has 0 radical (unpaired) electrons. The molecule has 96 valence electrons. The van der Waals surface area contributed by atoms with Gasteiger partial charge in [0.05, 0.1) is 11.6 Å². The molecule has 2 aromatic rings. The van der Waals surface area contributed by atoms with E-state index < -0.39 is 0 Å². The molecule has 0 aliphatic heterocycles. The second kappa shape index (κ2) is 6.51. The van der Waals surface area contributed by atoms with Crippen LogP contribution in [0.2, 0.25) is 0 Å². The lowest BCUT2D eigenvalue weighted by Crippen LogP contribution is -2.18. The van der Waals surface area contributed by atoms with E-state index in [0.29, 0.717) is 5.56 Å². The van der Waals surface area contributed by atoms with E-state index in [1.807, 2.05) is 36.4 Å². The van der Waals surface area contributed by atoms with E-state index in [0.717, 1.165) is 16.6 Å². The fourth-order valence-electron chi connectivity index (χ4n) is 1.91. The summed E-state index contributed by atoms with van der Waals surface area (Å²) < 4.78 is 1.09. The molecule has 0 fully saturated rings. The van der Waals surface area contributed by atoms with Crippen molar-refractivity contribution in [1.82, 2.24) is 5.32 Å². The van der Waals surface area contributed by atoms with Gasteiger partial charge >= 0.3 is 0 Å². The van der Waals surface area contributed by atoms with Crippen LogP contribution >= 0.6 is 15.9 Å². The summed E-state index contributed by atoms with van der Waals surface area (Å²) in [6.45, 7) is 2.91. The normalized spacial score (nSPS) is 11.8. The summed E-state index contributed by atoms with van der Waals surface area (Å²) in [4.78, 5) is 0. The molecular weight excluding hydrogens is 300 g/mol. The minimum Gasteiger partial charge on any atom is -0.306 e. The van der Waals surface area contributed by atoms with Gasteiger partial charge in [-0.3, -0.25) is 0 Å². The summed E-state index contributed by atoms with van der Waals surface area (Å²) >= 11 is 3.47. The summed E-state index contributed by atoms with van der Waals surface area (Å²) in [7, 11) is 0. The molecule has 0 aromatic heterocycles. The number of nitriles is 1. The molecular formula is C16H15BrN2. The lowest BCUT2D eigenvalue weighted by Gasteiger charge is -2.14. The van der Waals surface area contributed by atoms with Gasteiger partial charge in [-0.2, -0.15) is 5.26 Å². The standard InChI is InChI=1S/C16H15BrN2/c1-12(15-6-2-4-13(8-15)10-18)19-11-14-5-3-7-16(17)9-14/h2-9,12,19H,11H2,1H3. The quantitative estimate of drug-likeness (QED) is 0.919. The number of benzene rings is 2. The van der Waals surface area contributed by atoms with E-state index in [2.05, 4.69) is 46.4 Å². The maximum atomic E-state index is 8.91. The van der Waals surface area contributed by atoms with Gasteiger partial charge in [0.15, 0.2) is 0 Å². The van der Waals surface area contributed by atoms with Gasteiger partial charge < -0.3 is 5.32 Å². The Morgan fingerprint density at radius 1 is 1.21 bits per heavy atom. The van der Waals surface area contributed by atoms with Gasteiger partial charge in [0.25, 0.3) is 0 Å². The lowest BCUT2D eigenvalue weighted by atomic mass is 10.1. The predicted octanol–water partition coefficient (Wildman–Crippen LogP) is 4.17. The Hall–Kier alpha value is -1.63. The van der Waals surface area contributed by atoms with E-state index in [1.165, 1.54) is 5.56 Å². The van der Waals surface area contributed by atoms with Crippen molar-refractivity contribution in [2.45, 2.75) is 19.5 Å². The highest BCUT2D eigenvalue weighted by atomic mass is 79.9. The van der Waals surface area contributed by atoms with Gasteiger partial charge in [0, 0.05) is 17.1 Å². The number of nitrogens with zero attached hydrogens (tertiary/aromatic N) is 1. The van der Waals surface area contributed by atoms with Gasteiger partial charge in [-0.05, 0) is 42.3 Å². The molecule has 2 rings (SSSR count). The Morgan fingerprint density at radius 2 is 2.00 bits per heavy atom. The average Bonchev–Trinajstić information content (AvgIpc) is 2.45. The summed E-state index contributed by atoms with van der Waals surface area (Å²) in [6, 6.07) is 18.3. The van der Waals surface area contributed by atoms with Crippen molar-refractivity contribution in [3.8, 4) is 6.07 Å². The fourth-order valence-corrected chi connectivity index (χ4v) is 2.36. The van der Waals surface area contributed by atoms with Crippen LogP contribution in [0.3, 0.4) is 0 Å². The zero-order valence-electron chi connectivity index (χ0n) is 10.7. The van der Waals surface area contributed by atoms with E-state index >= 15 is 0 Å². The first-order valence-electron chi connectivity index (χ1n) is 6.17. The number of hydrogen-bond acceptors (Lipinski definition) is 2. The minimum absolute atomic E-state index is 0.215. The molecule has 0 aliphatic carbocycles. The molecule has 0 amide bonds. The van der Waals surface area contributed by atoms with Crippen molar-refractivity contribution in [3.05, 3.63) is 69.7 Å². The van der Waals surface area contributed by atoms with Crippen LogP contribution in [0.4, 0.5) is 0 Å². The second-order valence-corrected chi connectivity index (χ2v) is 5.39. The monoisotopic (exact) mass is 314 g/mol. The van der Waals surface area contributed by atoms with Crippen LogP contribution in [0.1, 0.15) is 29.7 Å². The van der Waals surface area contributed by atoms with E-state index in [4.69, 9.17) is 5.26 Å².